The van der Waals surface area contributed by atoms with E-state index in [0.29, 0.717) is 19.4 Å². The zero-order chi connectivity index (χ0) is 12.5. The maximum atomic E-state index is 11.6. The fraction of sp³-hybridized carbons (Fsp3) is 0.818. The summed E-state index contributed by atoms with van der Waals surface area (Å²) in [6.07, 6.45) is 3.75. The predicted octanol–water partition coefficient (Wildman–Crippen LogP) is -0.517. The first kappa shape index (κ1) is 13.9. The van der Waals surface area contributed by atoms with Crippen molar-refractivity contribution >= 4 is 12.4 Å². The van der Waals surface area contributed by atoms with Gasteiger partial charge in [0, 0.05) is 6.54 Å². The zero-order valence-corrected chi connectivity index (χ0v) is 9.98. The molecule has 1 aliphatic rings. The van der Waals surface area contributed by atoms with Crippen molar-refractivity contribution in [2.45, 2.75) is 44.4 Å². The van der Waals surface area contributed by atoms with Gasteiger partial charge >= 0.3 is 0 Å². The molecule has 1 unspecified atom stereocenters. The Labute approximate surface area is 101 Å². The van der Waals surface area contributed by atoms with Gasteiger partial charge in [0.05, 0.1) is 6.04 Å². The van der Waals surface area contributed by atoms with Gasteiger partial charge in [0.15, 0.2) is 6.23 Å². The number of unbranched alkanes of at least 4 members (excludes halogenated alkanes) is 1. The molecule has 98 valence electrons. The number of nitrogens with two attached hydrogens (primary N) is 1. The molecule has 6 nitrogen and oxygen atoms in total. The van der Waals surface area contributed by atoms with Crippen molar-refractivity contribution in [2.75, 3.05) is 13.1 Å². The summed E-state index contributed by atoms with van der Waals surface area (Å²) in [6.45, 7) is 1.93. The molecule has 4 N–H and O–H groups in total. The minimum atomic E-state index is -0.528. The van der Waals surface area contributed by atoms with Gasteiger partial charge in [0.1, 0.15) is 0 Å². The Morgan fingerprint density at radius 1 is 1.59 bits per heavy atom. The molecule has 0 saturated carbocycles. The van der Waals surface area contributed by atoms with Gasteiger partial charge in [0.2, 0.25) is 5.91 Å². The number of hydrogen-bond acceptors (Lipinski definition) is 5. The number of carbonyl (C=O) groups is 2. The second kappa shape index (κ2) is 8.03. The van der Waals surface area contributed by atoms with Gasteiger partial charge in [-0.15, -0.1) is 0 Å². The molecule has 0 aromatic carbocycles. The van der Waals surface area contributed by atoms with E-state index < -0.39 is 6.23 Å². The van der Waals surface area contributed by atoms with Crippen LogP contribution in [0.1, 0.15) is 32.1 Å². The van der Waals surface area contributed by atoms with Crippen LogP contribution in [-0.2, 0) is 14.3 Å². The summed E-state index contributed by atoms with van der Waals surface area (Å²) >= 11 is 0. The van der Waals surface area contributed by atoms with Crippen LogP contribution in [0, 0.1) is 0 Å². The third-order valence-corrected chi connectivity index (χ3v) is 2.82. The molecule has 6 heteroatoms. The van der Waals surface area contributed by atoms with Crippen LogP contribution in [0.5, 0.6) is 0 Å². The molecule has 17 heavy (non-hydrogen) atoms. The van der Waals surface area contributed by atoms with E-state index in [9.17, 15) is 9.59 Å². The second-order valence-electron chi connectivity index (χ2n) is 4.21. The van der Waals surface area contributed by atoms with Gasteiger partial charge in [-0.25, -0.2) is 0 Å². The van der Waals surface area contributed by atoms with Crippen LogP contribution in [0.4, 0.5) is 0 Å². The highest BCUT2D eigenvalue weighted by Crippen LogP contribution is 2.04. The minimum absolute atomic E-state index is 0.0179. The van der Waals surface area contributed by atoms with Gasteiger partial charge in [0.25, 0.3) is 6.47 Å². The molecule has 1 aliphatic heterocycles. The highest BCUT2D eigenvalue weighted by molar-refractivity contribution is 5.81. The van der Waals surface area contributed by atoms with Crippen LogP contribution in [0.15, 0.2) is 0 Å². The van der Waals surface area contributed by atoms with Crippen LogP contribution in [0.2, 0.25) is 0 Å². The van der Waals surface area contributed by atoms with Crippen molar-refractivity contribution in [1.82, 2.24) is 10.6 Å². The van der Waals surface area contributed by atoms with Crippen LogP contribution in [-0.4, -0.2) is 37.7 Å². The van der Waals surface area contributed by atoms with E-state index in [1.165, 1.54) is 0 Å². The Kier molecular flexibility index (Phi) is 6.57. The van der Waals surface area contributed by atoms with Gasteiger partial charge in [-0.1, -0.05) is 0 Å². The Balaban J connectivity index is 1.96. The first-order valence-electron chi connectivity index (χ1n) is 6.10. The predicted molar refractivity (Wildman–Crippen MR) is 63.0 cm³/mol. The lowest BCUT2D eigenvalue weighted by Crippen LogP contribution is -2.40. The first-order valence-corrected chi connectivity index (χ1v) is 6.10. The van der Waals surface area contributed by atoms with Crippen molar-refractivity contribution < 1.29 is 14.3 Å². The first-order chi connectivity index (χ1) is 8.24. The van der Waals surface area contributed by atoms with Crippen LogP contribution in [0.3, 0.4) is 0 Å². The highest BCUT2D eigenvalue weighted by Gasteiger charge is 2.20. The minimum Gasteiger partial charge on any atom is -0.449 e. The fourth-order valence-electron chi connectivity index (χ4n) is 1.85. The van der Waals surface area contributed by atoms with Crippen molar-refractivity contribution in [1.29, 1.82) is 0 Å². The molecule has 0 bridgehead atoms. The SMILES string of the molecule is N[C@@H](CCCCNC(=O)C1CCCN1)OC=O. The number of ether oxygens (including phenoxy) is 1. The molecular formula is C11H21N3O3. The molecule has 0 aromatic heterocycles. The summed E-state index contributed by atoms with van der Waals surface area (Å²) in [4.78, 5) is 21.5. The molecule has 0 spiro atoms. The Morgan fingerprint density at radius 3 is 3.06 bits per heavy atom. The number of hydrogen-bond donors (Lipinski definition) is 3. The third-order valence-electron chi connectivity index (χ3n) is 2.82. The zero-order valence-electron chi connectivity index (χ0n) is 9.98. The molecule has 1 saturated heterocycles. The number of nitrogens with one attached hydrogen (secondary N) is 2. The maximum absolute atomic E-state index is 11.6. The van der Waals surface area contributed by atoms with Gasteiger partial charge in [-0.2, -0.15) is 0 Å². The Morgan fingerprint density at radius 2 is 2.41 bits per heavy atom. The topological polar surface area (TPSA) is 93.4 Å². The van der Waals surface area contributed by atoms with Crippen LogP contribution < -0.4 is 16.4 Å². The molecule has 1 fully saturated rings. The molecule has 1 rings (SSSR count). The molecular weight excluding hydrogens is 222 g/mol. The molecule has 0 aliphatic carbocycles. The largest absolute Gasteiger partial charge is 0.449 e. The summed E-state index contributed by atoms with van der Waals surface area (Å²) in [5.74, 6) is 0.0796. The Hall–Kier alpha value is -1.14. The summed E-state index contributed by atoms with van der Waals surface area (Å²) in [5.41, 5.74) is 5.47. The third kappa shape index (κ3) is 5.65. The van der Waals surface area contributed by atoms with Gasteiger partial charge in [-0.05, 0) is 38.6 Å². The normalized spacial score (nSPS) is 20.9. The number of amides is 1. The van der Waals surface area contributed by atoms with Gasteiger partial charge in [-0.3, -0.25) is 15.3 Å². The molecule has 2 atom stereocenters. The standard InChI is InChI=1S/C11H21N3O3/c12-10(17-8-15)5-1-2-6-14-11(16)9-4-3-7-13-9/h8-10,13H,1-7,12H2,(H,14,16)/t9?,10-/m1/s1. The maximum Gasteiger partial charge on any atom is 0.294 e. The van der Waals surface area contributed by atoms with Crippen molar-refractivity contribution in [3.8, 4) is 0 Å². The lowest BCUT2D eigenvalue weighted by molar-refractivity contribution is -0.133. The average molecular weight is 243 g/mol. The van der Waals surface area contributed by atoms with E-state index in [4.69, 9.17) is 5.73 Å². The smallest absolute Gasteiger partial charge is 0.294 e. The quantitative estimate of drug-likeness (QED) is 0.303. The molecule has 1 heterocycles. The van der Waals surface area contributed by atoms with Crippen molar-refractivity contribution in [3.05, 3.63) is 0 Å². The van der Waals surface area contributed by atoms with E-state index >= 15 is 0 Å². The highest BCUT2D eigenvalue weighted by atomic mass is 16.5. The summed E-state index contributed by atoms with van der Waals surface area (Å²) in [6, 6.07) is -0.0179. The monoisotopic (exact) mass is 243 g/mol. The summed E-state index contributed by atoms with van der Waals surface area (Å²) in [7, 11) is 0. The van der Waals surface area contributed by atoms with E-state index in [2.05, 4.69) is 15.4 Å². The van der Waals surface area contributed by atoms with E-state index in [0.717, 1.165) is 32.2 Å². The number of rotatable bonds is 8. The van der Waals surface area contributed by atoms with Crippen molar-refractivity contribution in [3.63, 3.8) is 0 Å². The lowest BCUT2D eigenvalue weighted by atomic mass is 10.2. The van der Waals surface area contributed by atoms with Gasteiger partial charge < -0.3 is 15.4 Å². The fourth-order valence-corrected chi connectivity index (χ4v) is 1.85. The molecule has 0 aromatic rings. The molecule has 1 amide bonds. The lowest BCUT2D eigenvalue weighted by Gasteiger charge is -2.12. The second-order valence-corrected chi connectivity index (χ2v) is 4.21. The summed E-state index contributed by atoms with van der Waals surface area (Å²) in [5, 5.41) is 6.02. The van der Waals surface area contributed by atoms with E-state index in [1.54, 1.807) is 0 Å². The van der Waals surface area contributed by atoms with Crippen LogP contribution in [0.25, 0.3) is 0 Å². The molecule has 0 radical (unpaired) electrons. The Bertz CT molecular complexity index is 242. The summed E-state index contributed by atoms with van der Waals surface area (Å²) < 4.78 is 4.55. The van der Waals surface area contributed by atoms with E-state index in [1.807, 2.05) is 0 Å². The van der Waals surface area contributed by atoms with Crippen molar-refractivity contribution in [2.24, 2.45) is 5.73 Å². The van der Waals surface area contributed by atoms with Crippen LogP contribution >= 0.6 is 0 Å². The van der Waals surface area contributed by atoms with E-state index in [-0.39, 0.29) is 11.9 Å². The average Bonchev–Trinajstić information content (AvgIpc) is 2.82. The number of carbonyl (C=O) groups excluding carboxylic acids is 2.